The minimum absolute atomic E-state index is 0.0799. The maximum absolute atomic E-state index is 13.7. The molecule has 1 rings (SSSR count). The molecule has 1 aromatic rings. The summed E-state index contributed by atoms with van der Waals surface area (Å²) in [5, 5.41) is 0. The van der Waals surface area contributed by atoms with E-state index in [1.54, 1.807) is 6.92 Å². The van der Waals surface area contributed by atoms with Crippen molar-refractivity contribution in [3.63, 3.8) is 0 Å². The molecule has 0 spiro atoms. The molecule has 2 heteroatoms. The summed E-state index contributed by atoms with van der Waals surface area (Å²) >= 11 is 0. The Kier molecular flexibility index (Phi) is 4.22. The highest BCUT2D eigenvalue weighted by Gasteiger charge is 2.15. The predicted molar refractivity (Wildman–Crippen MR) is 64.3 cm³/mol. The minimum atomic E-state index is -0.383. The Morgan fingerprint density at radius 2 is 1.94 bits per heavy atom. The summed E-state index contributed by atoms with van der Waals surface area (Å²) in [6.07, 6.45) is 1.24. The largest absolute Gasteiger partial charge is 0.294 e. The third kappa shape index (κ3) is 3.16. The first-order valence-corrected chi connectivity index (χ1v) is 5.71. The average molecular weight is 222 g/mol. The van der Waals surface area contributed by atoms with Gasteiger partial charge in [-0.25, -0.2) is 4.39 Å². The zero-order chi connectivity index (χ0) is 12.3. The highest BCUT2D eigenvalue weighted by atomic mass is 19.1. The Balaban J connectivity index is 2.91. The Bertz CT molecular complexity index is 371. The van der Waals surface area contributed by atoms with E-state index in [1.165, 1.54) is 6.07 Å². The summed E-state index contributed by atoms with van der Waals surface area (Å²) in [4.78, 5) is 11.9. The number of rotatable bonds is 4. The molecule has 0 saturated heterocycles. The first-order valence-electron chi connectivity index (χ1n) is 5.71. The molecule has 0 N–H and O–H groups in total. The van der Waals surface area contributed by atoms with Gasteiger partial charge in [0.25, 0.3) is 0 Å². The van der Waals surface area contributed by atoms with Gasteiger partial charge in [0.15, 0.2) is 5.78 Å². The monoisotopic (exact) mass is 222 g/mol. The molecule has 0 atom stereocenters. The zero-order valence-corrected chi connectivity index (χ0v) is 10.4. The Hall–Kier alpha value is -1.18. The molecule has 16 heavy (non-hydrogen) atoms. The summed E-state index contributed by atoms with van der Waals surface area (Å²) in [5.74, 6) is 0.00715. The van der Waals surface area contributed by atoms with Crippen molar-refractivity contribution >= 4 is 5.78 Å². The number of benzene rings is 1. The molecule has 0 saturated carbocycles. The van der Waals surface area contributed by atoms with Crippen molar-refractivity contribution in [3.05, 3.63) is 34.6 Å². The fourth-order valence-electron chi connectivity index (χ4n) is 1.81. The van der Waals surface area contributed by atoms with Crippen LogP contribution in [-0.4, -0.2) is 5.78 Å². The highest BCUT2D eigenvalue weighted by molar-refractivity contribution is 5.97. The second-order valence-corrected chi connectivity index (χ2v) is 4.79. The van der Waals surface area contributed by atoms with Gasteiger partial charge in [-0.2, -0.15) is 0 Å². The Morgan fingerprint density at radius 1 is 1.31 bits per heavy atom. The summed E-state index contributed by atoms with van der Waals surface area (Å²) in [5.41, 5.74) is 1.87. The van der Waals surface area contributed by atoms with Gasteiger partial charge in [-0.1, -0.05) is 19.9 Å². The van der Waals surface area contributed by atoms with Crippen LogP contribution in [0.3, 0.4) is 0 Å². The van der Waals surface area contributed by atoms with Crippen LogP contribution < -0.4 is 0 Å². The number of aryl methyl sites for hydroxylation is 2. The number of Topliss-reactive ketones (excluding diaryl/α,β-unsaturated/α-hetero) is 1. The van der Waals surface area contributed by atoms with E-state index in [-0.39, 0.29) is 17.2 Å². The predicted octanol–water partition coefficient (Wildman–Crippen LogP) is 4.06. The van der Waals surface area contributed by atoms with Gasteiger partial charge in [-0.3, -0.25) is 4.79 Å². The topological polar surface area (TPSA) is 17.1 Å². The number of carbonyl (C=O) groups excluding carboxylic acids is 1. The number of carbonyl (C=O) groups is 1. The van der Waals surface area contributed by atoms with Crippen LogP contribution in [0.5, 0.6) is 0 Å². The molecule has 0 fully saturated rings. The fourth-order valence-corrected chi connectivity index (χ4v) is 1.81. The third-order valence-electron chi connectivity index (χ3n) is 2.66. The van der Waals surface area contributed by atoms with Crippen molar-refractivity contribution in [3.8, 4) is 0 Å². The first-order chi connectivity index (χ1) is 7.41. The molecule has 0 aliphatic carbocycles. The summed E-state index contributed by atoms with van der Waals surface area (Å²) < 4.78 is 13.7. The van der Waals surface area contributed by atoms with Gasteiger partial charge < -0.3 is 0 Å². The third-order valence-corrected chi connectivity index (χ3v) is 2.66. The van der Waals surface area contributed by atoms with Crippen LogP contribution in [0.15, 0.2) is 12.1 Å². The molecule has 0 amide bonds. The van der Waals surface area contributed by atoms with E-state index < -0.39 is 0 Å². The van der Waals surface area contributed by atoms with E-state index in [0.717, 1.165) is 17.5 Å². The van der Waals surface area contributed by atoms with Gasteiger partial charge in [-0.05, 0) is 43.4 Å². The SMILES string of the molecule is Cc1cc(C)c(C(=O)CCC(C)C)c(F)c1. The van der Waals surface area contributed by atoms with Crippen LogP contribution in [0.2, 0.25) is 0 Å². The van der Waals surface area contributed by atoms with Crippen LogP contribution in [0, 0.1) is 25.6 Å². The van der Waals surface area contributed by atoms with Crippen molar-refractivity contribution in [1.82, 2.24) is 0 Å². The number of hydrogen-bond acceptors (Lipinski definition) is 1. The van der Waals surface area contributed by atoms with Crippen LogP contribution in [0.1, 0.15) is 48.2 Å². The Morgan fingerprint density at radius 3 is 2.44 bits per heavy atom. The maximum atomic E-state index is 13.7. The molecule has 0 bridgehead atoms. The first kappa shape index (κ1) is 12.9. The van der Waals surface area contributed by atoms with Gasteiger partial charge in [0, 0.05) is 6.42 Å². The van der Waals surface area contributed by atoms with Crippen LogP contribution >= 0.6 is 0 Å². The van der Waals surface area contributed by atoms with E-state index in [4.69, 9.17) is 0 Å². The minimum Gasteiger partial charge on any atom is -0.294 e. The lowest BCUT2D eigenvalue weighted by Crippen LogP contribution is -2.07. The zero-order valence-electron chi connectivity index (χ0n) is 10.4. The lowest BCUT2D eigenvalue weighted by Gasteiger charge is -2.09. The highest BCUT2D eigenvalue weighted by Crippen LogP contribution is 2.19. The van der Waals surface area contributed by atoms with Crippen LogP contribution in [0.4, 0.5) is 4.39 Å². The van der Waals surface area contributed by atoms with Gasteiger partial charge in [-0.15, -0.1) is 0 Å². The van der Waals surface area contributed by atoms with Crippen LogP contribution in [-0.2, 0) is 0 Å². The van der Waals surface area contributed by atoms with Crippen molar-refractivity contribution in [2.75, 3.05) is 0 Å². The maximum Gasteiger partial charge on any atom is 0.166 e. The molecular weight excluding hydrogens is 203 g/mol. The molecule has 0 aliphatic heterocycles. The van der Waals surface area contributed by atoms with E-state index >= 15 is 0 Å². The fraction of sp³-hybridized carbons (Fsp3) is 0.500. The van der Waals surface area contributed by atoms with Crippen molar-refractivity contribution in [1.29, 1.82) is 0 Å². The van der Waals surface area contributed by atoms with Gasteiger partial charge >= 0.3 is 0 Å². The lowest BCUT2D eigenvalue weighted by molar-refractivity contribution is 0.0971. The molecule has 1 nitrogen and oxygen atoms in total. The smallest absolute Gasteiger partial charge is 0.166 e. The molecule has 0 aromatic heterocycles. The summed E-state index contributed by atoms with van der Waals surface area (Å²) in [7, 11) is 0. The lowest BCUT2D eigenvalue weighted by atomic mass is 9.96. The molecule has 0 radical (unpaired) electrons. The summed E-state index contributed by atoms with van der Waals surface area (Å²) in [6.45, 7) is 7.74. The molecular formula is C14H19FO. The number of ketones is 1. The molecule has 88 valence electrons. The molecule has 1 aromatic carbocycles. The van der Waals surface area contributed by atoms with E-state index in [0.29, 0.717) is 12.3 Å². The van der Waals surface area contributed by atoms with Gasteiger partial charge in [0.2, 0.25) is 0 Å². The van der Waals surface area contributed by atoms with Crippen molar-refractivity contribution in [2.45, 2.75) is 40.5 Å². The molecule has 0 heterocycles. The number of halogens is 1. The second kappa shape index (κ2) is 5.24. The van der Waals surface area contributed by atoms with E-state index in [1.807, 2.05) is 13.0 Å². The Labute approximate surface area is 96.7 Å². The van der Waals surface area contributed by atoms with Crippen molar-refractivity contribution < 1.29 is 9.18 Å². The quantitative estimate of drug-likeness (QED) is 0.702. The van der Waals surface area contributed by atoms with Crippen LogP contribution in [0.25, 0.3) is 0 Å². The summed E-state index contributed by atoms with van der Waals surface area (Å²) in [6, 6.07) is 3.28. The van der Waals surface area contributed by atoms with Gasteiger partial charge in [0.1, 0.15) is 5.82 Å². The van der Waals surface area contributed by atoms with E-state index in [2.05, 4.69) is 13.8 Å². The van der Waals surface area contributed by atoms with Gasteiger partial charge in [0.05, 0.1) is 5.56 Å². The second-order valence-electron chi connectivity index (χ2n) is 4.79. The number of hydrogen-bond donors (Lipinski definition) is 0. The average Bonchev–Trinajstić information content (AvgIpc) is 2.12. The van der Waals surface area contributed by atoms with E-state index in [9.17, 15) is 9.18 Å². The molecule has 0 unspecified atom stereocenters. The van der Waals surface area contributed by atoms with Crippen molar-refractivity contribution in [2.24, 2.45) is 5.92 Å². The molecule has 0 aliphatic rings. The standard InChI is InChI=1S/C14H19FO/c1-9(2)5-6-13(16)14-11(4)7-10(3)8-12(14)15/h7-9H,5-6H2,1-4H3. The normalized spacial score (nSPS) is 10.9.